The minimum Gasteiger partial charge on any atom is -0.458 e. The molecule has 0 aromatic carbocycles. The van der Waals surface area contributed by atoms with Crippen molar-refractivity contribution in [1.29, 1.82) is 0 Å². The molecule has 0 unspecified atom stereocenters. The SMILES string of the molecule is CC/C(=C\C(=O)O[C@@H]1C[C@H]2CC[C@]1(C(=O)N(C(C)C)C(C)C)C2(C)C)N1CCCC1. The predicted molar refractivity (Wildman–Crippen MR) is 120 cm³/mol. The highest BCUT2D eigenvalue weighted by molar-refractivity contribution is 5.88. The molecule has 5 nitrogen and oxygen atoms in total. The molecule has 170 valence electrons. The van der Waals surface area contributed by atoms with Crippen LogP contribution in [0.15, 0.2) is 11.8 Å². The zero-order valence-electron chi connectivity index (χ0n) is 20.2. The van der Waals surface area contributed by atoms with Crippen molar-refractivity contribution in [3.8, 4) is 0 Å². The molecule has 2 saturated carbocycles. The largest absolute Gasteiger partial charge is 0.458 e. The quantitative estimate of drug-likeness (QED) is 0.442. The highest BCUT2D eigenvalue weighted by atomic mass is 16.5. The average molecular weight is 419 g/mol. The van der Waals surface area contributed by atoms with E-state index in [9.17, 15) is 9.59 Å². The fourth-order valence-corrected chi connectivity index (χ4v) is 6.59. The smallest absolute Gasteiger partial charge is 0.332 e. The molecule has 30 heavy (non-hydrogen) atoms. The van der Waals surface area contributed by atoms with E-state index in [4.69, 9.17) is 4.74 Å². The molecule has 0 N–H and O–H groups in total. The molecular weight excluding hydrogens is 376 g/mol. The van der Waals surface area contributed by atoms with Crippen molar-refractivity contribution in [3.05, 3.63) is 11.8 Å². The Morgan fingerprint density at radius 3 is 2.23 bits per heavy atom. The van der Waals surface area contributed by atoms with E-state index in [0.717, 1.165) is 44.5 Å². The van der Waals surface area contributed by atoms with Crippen LogP contribution < -0.4 is 0 Å². The number of hydrogen-bond acceptors (Lipinski definition) is 4. The van der Waals surface area contributed by atoms with Gasteiger partial charge in [0, 0.05) is 36.9 Å². The molecule has 1 heterocycles. The van der Waals surface area contributed by atoms with Gasteiger partial charge in [-0.05, 0) is 77.6 Å². The normalized spacial score (nSPS) is 30.4. The maximum Gasteiger partial charge on any atom is 0.332 e. The molecule has 3 atom stereocenters. The average Bonchev–Trinajstić information content (AvgIpc) is 3.32. The van der Waals surface area contributed by atoms with Crippen molar-refractivity contribution in [2.45, 2.75) is 105 Å². The first-order valence-electron chi connectivity index (χ1n) is 12.0. The van der Waals surface area contributed by atoms with Crippen molar-refractivity contribution >= 4 is 11.9 Å². The molecule has 1 saturated heterocycles. The van der Waals surface area contributed by atoms with E-state index in [-0.39, 0.29) is 35.5 Å². The zero-order chi connectivity index (χ0) is 22.3. The van der Waals surface area contributed by atoms with Crippen LogP contribution in [-0.2, 0) is 14.3 Å². The lowest BCUT2D eigenvalue weighted by Gasteiger charge is -2.45. The lowest BCUT2D eigenvalue weighted by molar-refractivity contribution is -0.168. The van der Waals surface area contributed by atoms with Crippen molar-refractivity contribution in [3.63, 3.8) is 0 Å². The standard InChI is InChI=1S/C25H42N2O3/c1-8-20(26-13-9-10-14-26)16-22(28)30-21-15-19-11-12-25(21,24(19,6)7)23(29)27(17(2)3)18(4)5/h16-19,21H,8-15H2,1-7H3/b20-16+/t19-,21-,25+/m1/s1. The number of nitrogens with zero attached hydrogens (tertiary/aromatic N) is 2. The van der Waals surface area contributed by atoms with E-state index in [2.05, 4.69) is 53.4 Å². The summed E-state index contributed by atoms with van der Waals surface area (Å²) in [6, 6.07) is 0.251. The number of hydrogen-bond donors (Lipinski definition) is 0. The molecule has 0 aromatic rings. The summed E-state index contributed by atoms with van der Waals surface area (Å²) >= 11 is 0. The van der Waals surface area contributed by atoms with Crippen LogP contribution in [0, 0.1) is 16.7 Å². The second-order valence-electron chi connectivity index (χ2n) is 10.7. The Morgan fingerprint density at radius 1 is 1.13 bits per heavy atom. The van der Waals surface area contributed by atoms with E-state index in [1.54, 1.807) is 6.08 Å². The number of amides is 1. The van der Waals surface area contributed by atoms with E-state index >= 15 is 0 Å². The van der Waals surface area contributed by atoms with Crippen molar-refractivity contribution in [1.82, 2.24) is 9.80 Å². The van der Waals surface area contributed by atoms with Gasteiger partial charge in [0.15, 0.2) is 0 Å². The van der Waals surface area contributed by atoms with Gasteiger partial charge >= 0.3 is 5.97 Å². The van der Waals surface area contributed by atoms with Crippen molar-refractivity contribution < 1.29 is 14.3 Å². The fourth-order valence-electron chi connectivity index (χ4n) is 6.59. The number of fused-ring (bicyclic) bond motifs is 2. The van der Waals surface area contributed by atoms with Gasteiger partial charge in [-0.25, -0.2) is 4.79 Å². The Kier molecular flexibility index (Phi) is 6.60. The van der Waals surface area contributed by atoms with Gasteiger partial charge in [0.2, 0.25) is 5.91 Å². The van der Waals surface area contributed by atoms with Crippen LogP contribution >= 0.6 is 0 Å². The minimum atomic E-state index is -0.615. The first-order valence-corrected chi connectivity index (χ1v) is 12.0. The molecule has 3 aliphatic rings. The van der Waals surface area contributed by atoms with Gasteiger partial charge in [0.25, 0.3) is 0 Å². The number of carbonyl (C=O) groups is 2. The molecular formula is C25H42N2O3. The second-order valence-corrected chi connectivity index (χ2v) is 10.7. The van der Waals surface area contributed by atoms with Crippen molar-refractivity contribution in [2.24, 2.45) is 16.7 Å². The summed E-state index contributed by atoms with van der Waals surface area (Å²) in [7, 11) is 0. The van der Waals surface area contributed by atoms with Gasteiger partial charge in [-0.3, -0.25) is 4.79 Å². The van der Waals surface area contributed by atoms with Crippen LogP contribution in [-0.4, -0.2) is 53.0 Å². The molecule has 2 bridgehead atoms. The van der Waals surface area contributed by atoms with Crippen LogP contribution in [0.25, 0.3) is 0 Å². The predicted octanol–water partition coefficient (Wildman–Crippen LogP) is 4.76. The molecule has 0 radical (unpaired) electrons. The van der Waals surface area contributed by atoms with Gasteiger partial charge < -0.3 is 14.5 Å². The van der Waals surface area contributed by atoms with E-state index in [1.165, 1.54) is 12.8 Å². The monoisotopic (exact) mass is 418 g/mol. The molecule has 3 fully saturated rings. The highest BCUT2D eigenvalue weighted by Crippen LogP contribution is 2.67. The fraction of sp³-hybridized carbons (Fsp3) is 0.840. The summed E-state index contributed by atoms with van der Waals surface area (Å²) in [5, 5.41) is 0. The first kappa shape index (κ1) is 23.1. The van der Waals surface area contributed by atoms with Crippen LogP contribution in [0.4, 0.5) is 0 Å². The van der Waals surface area contributed by atoms with Crippen LogP contribution in [0.1, 0.15) is 87.0 Å². The topological polar surface area (TPSA) is 49.9 Å². The van der Waals surface area contributed by atoms with Gasteiger partial charge in [0.05, 0.1) is 5.41 Å². The molecule has 2 aliphatic carbocycles. The summed E-state index contributed by atoms with van der Waals surface area (Å²) in [5.74, 6) is 0.322. The van der Waals surface area contributed by atoms with Gasteiger partial charge in [-0.1, -0.05) is 20.8 Å². The van der Waals surface area contributed by atoms with E-state index in [1.807, 2.05) is 4.90 Å². The Bertz CT molecular complexity index is 683. The lowest BCUT2D eigenvalue weighted by Crippen LogP contribution is -2.57. The Hall–Kier alpha value is -1.52. The minimum absolute atomic E-state index is 0.125. The van der Waals surface area contributed by atoms with Gasteiger partial charge in [0.1, 0.15) is 6.10 Å². The Labute approximate surface area is 183 Å². The molecule has 3 rings (SSSR count). The van der Waals surface area contributed by atoms with Crippen molar-refractivity contribution in [2.75, 3.05) is 13.1 Å². The summed E-state index contributed by atoms with van der Waals surface area (Å²) in [4.78, 5) is 31.3. The molecule has 1 amide bonds. The zero-order valence-corrected chi connectivity index (χ0v) is 20.2. The summed E-state index contributed by atoms with van der Waals surface area (Å²) in [6.45, 7) is 16.9. The van der Waals surface area contributed by atoms with Crippen LogP contribution in [0.5, 0.6) is 0 Å². The summed E-state index contributed by atoms with van der Waals surface area (Å²) < 4.78 is 6.12. The number of carbonyl (C=O) groups excluding carboxylic acids is 2. The molecule has 0 aromatic heterocycles. The number of esters is 1. The molecule has 5 heteroatoms. The third kappa shape index (κ3) is 3.67. The lowest BCUT2D eigenvalue weighted by atomic mass is 9.67. The third-order valence-electron chi connectivity index (χ3n) is 8.25. The first-order chi connectivity index (χ1) is 14.1. The maximum absolute atomic E-state index is 14.0. The summed E-state index contributed by atoms with van der Waals surface area (Å²) in [5.41, 5.74) is 0.283. The third-order valence-corrected chi connectivity index (χ3v) is 8.25. The van der Waals surface area contributed by atoms with Crippen LogP contribution in [0.2, 0.25) is 0 Å². The van der Waals surface area contributed by atoms with Crippen LogP contribution in [0.3, 0.4) is 0 Å². The molecule has 1 aliphatic heterocycles. The Balaban J connectivity index is 1.87. The number of likely N-dealkylation sites (tertiary alicyclic amines) is 1. The van der Waals surface area contributed by atoms with Gasteiger partial charge in [-0.2, -0.15) is 0 Å². The number of allylic oxidation sites excluding steroid dienone is 1. The maximum atomic E-state index is 14.0. The number of rotatable bonds is 7. The number of ether oxygens (including phenoxy) is 1. The molecule has 0 spiro atoms. The van der Waals surface area contributed by atoms with Gasteiger partial charge in [-0.15, -0.1) is 0 Å². The highest BCUT2D eigenvalue weighted by Gasteiger charge is 2.70. The second kappa shape index (κ2) is 8.55. The van der Waals surface area contributed by atoms with E-state index < -0.39 is 5.41 Å². The Morgan fingerprint density at radius 2 is 1.73 bits per heavy atom. The van der Waals surface area contributed by atoms with E-state index in [0.29, 0.717) is 5.92 Å². The summed E-state index contributed by atoms with van der Waals surface area (Å²) in [6.07, 6.45) is 7.20.